The minimum Gasteiger partial charge on any atom is -0.334 e. The molecule has 6 aliphatic rings. The van der Waals surface area contributed by atoms with Gasteiger partial charge in [-0.1, -0.05) is 210 Å². The molecule has 0 spiro atoms. The van der Waals surface area contributed by atoms with Crippen LogP contribution in [0.2, 0.25) is 0 Å². The van der Waals surface area contributed by atoms with Crippen molar-refractivity contribution in [2.75, 3.05) is 14.7 Å². The van der Waals surface area contributed by atoms with E-state index in [4.69, 9.17) is 0 Å². The number of nitrogens with zero attached hydrogens (tertiary/aromatic N) is 3. The van der Waals surface area contributed by atoms with E-state index in [9.17, 15) is 0 Å². The number of hydrogen-bond acceptors (Lipinski definition) is 3. The summed E-state index contributed by atoms with van der Waals surface area (Å²) in [6.07, 6.45) is 9.03. The van der Waals surface area contributed by atoms with Crippen LogP contribution >= 0.6 is 0 Å². The van der Waals surface area contributed by atoms with Crippen LogP contribution in [0.15, 0.2) is 182 Å². The Hall–Kier alpha value is -7.56. The third-order valence-electron chi connectivity index (χ3n) is 21.2. The minimum atomic E-state index is -0.201. The lowest BCUT2D eigenvalue weighted by atomic mass is 9.33. The number of hydrogen-bond donors (Lipinski definition) is 0. The van der Waals surface area contributed by atoms with Gasteiger partial charge < -0.3 is 14.7 Å². The fourth-order valence-electron chi connectivity index (χ4n) is 16.7. The first-order valence-electron chi connectivity index (χ1n) is 31.6. The van der Waals surface area contributed by atoms with Gasteiger partial charge in [0, 0.05) is 50.8 Å². The zero-order valence-corrected chi connectivity index (χ0v) is 51.9. The Morgan fingerprint density at radius 1 is 0.381 bits per heavy atom. The molecule has 1 fully saturated rings. The third kappa shape index (κ3) is 8.26. The first-order valence-corrected chi connectivity index (χ1v) is 31.6. The Labute approximate surface area is 501 Å². The summed E-state index contributed by atoms with van der Waals surface area (Å²) in [5.74, 6) is 0. The third-order valence-corrected chi connectivity index (χ3v) is 21.2. The smallest absolute Gasteiger partial charge is 0.252 e. The summed E-state index contributed by atoms with van der Waals surface area (Å²) in [6, 6.07) is 72.3. The largest absolute Gasteiger partial charge is 0.334 e. The van der Waals surface area contributed by atoms with Gasteiger partial charge in [-0.25, -0.2) is 0 Å². The topological polar surface area (TPSA) is 9.72 Å². The summed E-state index contributed by atoms with van der Waals surface area (Å²) >= 11 is 0. The molecule has 15 rings (SSSR count). The molecule has 9 aromatic carbocycles. The molecule has 3 heterocycles. The second-order valence-electron chi connectivity index (χ2n) is 30.4. The fourth-order valence-corrected chi connectivity index (χ4v) is 16.7. The minimum absolute atomic E-state index is 0.0172. The highest BCUT2D eigenvalue weighted by Gasteiger charge is 2.58. The molecule has 3 nitrogen and oxygen atoms in total. The van der Waals surface area contributed by atoms with E-state index in [0.29, 0.717) is 0 Å². The number of fused-ring (bicyclic) bond motifs is 9. The van der Waals surface area contributed by atoms with Crippen LogP contribution in [0.5, 0.6) is 0 Å². The maximum Gasteiger partial charge on any atom is 0.252 e. The van der Waals surface area contributed by atoms with E-state index in [1.165, 1.54) is 147 Å². The van der Waals surface area contributed by atoms with Gasteiger partial charge in [-0.3, -0.25) is 0 Å². The first kappa shape index (κ1) is 53.2. The van der Waals surface area contributed by atoms with Gasteiger partial charge in [0.2, 0.25) is 0 Å². The van der Waals surface area contributed by atoms with Crippen LogP contribution < -0.4 is 31.1 Å². The summed E-state index contributed by atoms with van der Waals surface area (Å²) in [6.45, 7) is 29.1. The molecule has 1 saturated carbocycles. The molecule has 2 unspecified atom stereocenters. The van der Waals surface area contributed by atoms with Crippen LogP contribution in [0.25, 0.3) is 33.4 Å². The molecule has 0 aromatic heterocycles. The molecule has 4 heteroatoms. The number of anilines is 8. The van der Waals surface area contributed by atoms with Crippen molar-refractivity contribution in [2.45, 2.75) is 156 Å². The molecule has 2 atom stereocenters. The molecule has 420 valence electrons. The van der Waals surface area contributed by atoms with Gasteiger partial charge in [0.15, 0.2) is 0 Å². The highest BCUT2D eigenvalue weighted by molar-refractivity contribution is 7.00. The van der Waals surface area contributed by atoms with Crippen molar-refractivity contribution < 1.29 is 0 Å². The fraction of sp³-hybridized carbons (Fsp3) is 0.325. The van der Waals surface area contributed by atoms with Crippen molar-refractivity contribution in [3.8, 4) is 33.4 Å². The van der Waals surface area contributed by atoms with Crippen LogP contribution in [0, 0.1) is 10.8 Å². The molecular formula is C80H82BN3. The van der Waals surface area contributed by atoms with Crippen LogP contribution in [-0.2, 0) is 41.9 Å². The Balaban J connectivity index is 1.05. The second-order valence-corrected chi connectivity index (χ2v) is 30.4. The van der Waals surface area contributed by atoms with Gasteiger partial charge in [0.1, 0.15) is 0 Å². The summed E-state index contributed by atoms with van der Waals surface area (Å²) in [5.41, 5.74) is 32.1. The standard InChI is InChI=1S/C80H82BN3/c1-75(2,3)60-30-25-52(26-31-60)54-29-35-69-65(40-54)79(11)37-19-20-38-80(79,12)84(69)63-45-72-74-73(46-63)83(68-36-32-61(76(4,5)6)44-64(68)53-23-17-14-18-24-53)70-42-55(51-21-15-13-16-22-51)28-34-66(70)81(74)67-41-58-49-78(9,10)50-59(58)43-71(67)82(72)62-33-27-56-47-77(7,8)48-57(56)39-62/h13-18,21-36,39-46H,19-20,37-38,47-50H2,1-12H3. The molecule has 0 radical (unpaired) electrons. The zero-order valence-electron chi connectivity index (χ0n) is 51.9. The molecule has 0 amide bonds. The van der Waals surface area contributed by atoms with Gasteiger partial charge in [-0.15, -0.1) is 0 Å². The van der Waals surface area contributed by atoms with Crippen molar-refractivity contribution in [3.05, 3.63) is 221 Å². The second kappa shape index (κ2) is 18.5. The lowest BCUT2D eigenvalue weighted by molar-refractivity contribution is 0.195. The molecule has 3 aliphatic carbocycles. The summed E-state index contributed by atoms with van der Waals surface area (Å²) in [7, 11) is 0. The van der Waals surface area contributed by atoms with Gasteiger partial charge in [0.05, 0.1) is 11.2 Å². The first-order chi connectivity index (χ1) is 40.1. The Morgan fingerprint density at radius 3 is 1.62 bits per heavy atom. The van der Waals surface area contributed by atoms with E-state index in [0.717, 1.165) is 38.5 Å². The monoisotopic (exact) mass is 1100 g/mol. The van der Waals surface area contributed by atoms with Gasteiger partial charge in [0.25, 0.3) is 6.71 Å². The lowest BCUT2D eigenvalue weighted by Gasteiger charge is -2.51. The average Bonchev–Trinajstić information content (AvgIpc) is 1.20. The van der Waals surface area contributed by atoms with E-state index in [-0.39, 0.29) is 39.3 Å². The molecule has 9 aromatic rings. The van der Waals surface area contributed by atoms with Crippen LogP contribution in [0.3, 0.4) is 0 Å². The summed E-state index contributed by atoms with van der Waals surface area (Å²) in [4.78, 5) is 8.33. The quantitative estimate of drug-likeness (QED) is 0.154. The predicted molar refractivity (Wildman–Crippen MR) is 359 cm³/mol. The van der Waals surface area contributed by atoms with Gasteiger partial charge >= 0.3 is 0 Å². The van der Waals surface area contributed by atoms with Crippen LogP contribution in [-0.4, -0.2) is 12.3 Å². The van der Waals surface area contributed by atoms with E-state index in [2.05, 4.69) is 280 Å². The summed E-state index contributed by atoms with van der Waals surface area (Å²) in [5, 5.41) is 0. The van der Waals surface area contributed by atoms with Crippen molar-refractivity contribution >= 4 is 68.6 Å². The van der Waals surface area contributed by atoms with Gasteiger partial charge in [-0.2, -0.15) is 0 Å². The highest BCUT2D eigenvalue weighted by Crippen LogP contribution is 2.63. The van der Waals surface area contributed by atoms with Crippen LogP contribution in [0.4, 0.5) is 45.5 Å². The molecule has 84 heavy (non-hydrogen) atoms. The van der Waals surface area contributed by atoms with Crippen molar-refractivity contribution in [1.29, 1.82) is 0 Å². The van der Waals surface area contributed by atoms with Crippen molar-refractivity contribution in [3.63, 3.8) is 0 Å². The zero-order chi connectivity index (χ0) is 58.0. The molecule has 0 N–H and O–H groups in total. The predicted octanol–water partition coefficient (Wildman–Crippen LogP) is 19.4. The Bertz CT molecular complexity index is 4150. The van der Waals surface area contributed by atoms with E-state index < -0.39 is 0 Å². The SMILES string of the molecule is CC1(C)Cc2ccc(N3c4cc5c(cc4B4c6ccc(-c7ccccc7)cc6N(c6ccc(C(C)(C)C)cc6-c6ccccc6)c6cc(N7c8ccc(-c9ccc(C(C)(C)C)cc9)cc8C8(C)CCCCC78C)cc3c64)CC(C)(C)C5)cc2C1. The Morgan fingerprint density at radius 2 is 0.929 bits per heavy atom. The lowest BCUT2D eigenvalue weighted by Crippen LogP contribution is -2.61. The Kier molecular flexibility index (Phi) is 11.7. The normalized spacial score (nSPS) is 20.4. The molecule has 0 bridgehead atoms. The maximum atomic E-state index is 2.86. The molecule has 0 saturated heterocycles. The van der Waals surface area contributed by atoms with Crippen molar-refractivity contribution in [2.24, 2.45) is 10.8 Å². The summed E-state index contributed by atoms with van der Waals surface area (Å²) < 4.78 is 0. The van der Waals surface area contributed by atoms with Crippen LogP contribution in [0.1, 0.15) is 148 Å². The van der Waals surface area contributed by atoms with Gasteiger partial charge in [-0.05, 0) is 211 Å². The number of rotatable bonds is 6. The van der Waals surface area contributed by atoms with Crippen molar-refractivity contribution in [1.82, 2.24) is 0 Å². The van der Waals surface area contributed by atoms with E-state index >= 15 is 0 Å². The highest BCUT2D eigenvalue weighted by atomic mass is 15.3. The maximum absolute atomic E-state index is 2.86. The number of benzene rings is 9. The molecule has 3 aliphatic heterocycles. The van der Waals surface area contributed by atoms with E-state index in [1.54, 1.807) is 0 Å². The molecular weight excluding hydrogens is 1010 g/mol. The van der Waals surface area contributed by atoms with E-state index in [1.807, 2.05) is 0 Å². The average molecular weight is 1100 g/mol.